The molecule has 0 aliphatic rings. The molecule has 0 aromatic carbocycles. The Kier molecular flexibility index (Phi) is 3.46. The largest absolute Gasteiger partial charge is 0.193 e. The van der Waals surface area contributed by atoms with E-state index in [0.29, 0.717) is 5.57 Å². The van der Waals surface area contributed by atoms with Crippen LogP contribution in [0.3, 0.4) is 0 Å². The normalized spacial score (nSPS) is 13.0. The first kappa shape index (κ1) is 7.97. The summed E-state index contributed by atoms with van der Waals surface area (Å²) < 4.78 is 0. The Balaban J connectivity index is 3.92. The summed E-state index contributed by atoms with van der Waals surface area (Å²) in [6, 6.07) is 2.00. The Morgan fingerprint density at radius 3 is 2.67 bits per heavy atom. The second-order valence-corrected chi connectivity index (χ2v) is 1.95. The van der Waals surface area contributed by atoms with Gasteiger partial charge in [-0.15, -0.1) is 0 Å². The summed E-state index contributed by atoms with van der Waals surface area (Å²) >= 11 is 0. The highest BCUT2D eigenvalue weighted by atomic mass is 14.2. The van der Waals surface area contributed by atoms with Gasteiger partial charge in [-0.1, -0.05) is 25.7 Å². The predicted octanol–water partition coefficient (Wildman–Crippen LogP) is 2.28. The van der Waals surface area contributed by atoms with Gasteiger partial charge in [0.05, 0.1) is 6.07 Å². The Morgan fingerprint density at radius 1 is 1.78 bits per heavy atom. The van der Waals surface area contributed by atoms with Crippen molar-refractivity contribution in [3.63, 3.8) is 0 Å². The van der Waals surface area contributed by atoms with E-state index in [1.54, 1.807) is 0 Å². The van der Waals surface area contributed by atoms with Crippen molar-refractivity contribution in [1.82, 2.24) is 0 Å². The molecule has 0 unspecified atom stereocenters. The third-order valence-corrected chi connectivity index (χ3v) is 1.17. The van der Waals surface area contributed by atoms with Crippen molar-refractivity contribution in [1.29, 1.82) is 5.26 Å². The molecule has 0 fully saturated rings. The van der Waals surface area contributed by atoms with Crippen molar-refractivity contribution in [2.45, 2.75) is 13.8 Å². The van der Waals surface area contributed by atoms with E-state index in [1.807, 2.05) is 32.1 Å². The molecular weight excluding hydrogens is 110 g/mol. The average molecular weight is 121 g/mol. The summed E-state index contributed by atoms with van der Waals surface area (Å²) in [5.41, 5.74) is 0.619. The van der Waals surface area contributed by atoms with Crippen LogP contribution < -0.4 is 0 Å². The molecule has 0 saturated heterocycles. The molecule has 0 bridgehead atoms. The van der Waals surface area contributed by atoms with Gasteiger partial charge in [-0.25, -0.2) is 0 Å². The molecular formula is C8H11N. The number of hydrogen-bond acceptors (Lipinski definition) is 1. The zero-order chi connectivity index (χ0) is 7.28. The molecule has 1 atom stereocenters. The summed E-state index contributed by atoms with van der Waals surface area (Å²) in [6.07, 6.45) is 3.87. The Hall–Kier alpha value is -1.03. The quantitative estimate of drug-likeness (QED) is 0.406. The molecule has 0 amide bonds. The lowest BCUT2D eigenvalue weighted by Gasteiger charge is -1.98. The lowest BCUT2D eigenvalue weighted by Crippen LogP contribution is -1.89. The fraction of sp³-hybridized carbons (Fsp3) is 0.375. The molecule has 0 aliphatic heterocycles. The predicted molar refractivity (Wildman–Crippen MR) is 38.7 cm³/mol. The molecule has 0 aromatic rings. The van der Waals surface area contributed by atoms with Crippen molar-refractivity contribution in [3.05, 3.63) is 24.3 Å². The second-order valence-electron chi connectivity index (χ2n) is 1.95. The maximum atomic E-state index is 8.35. The molecule has 0 aromatic heterocycles. The molecule has 0 saturated carbocycles. The van der Waals surface area contributed by atoms with Crippen LogP contribution in [0.25, 0.3) is 0 Å². The van der Waals surface area contributed by atoms with Gasteiger partial charge < -0.3 is 0 Å². The number of allylic oxidation sites excluding steroid dienone is 3. The molecule has 1 heteroatoms. The Morgan fingerprint density at radius 2 is 2.33 bits per heavy atom. The SMILES string of the molecule is C=C(C#N)[C@@H](C)/C=C\C. The zero-order valence-corrected chi connectivity index (χ0v) is 5.89. The van der Waals surface area contributed by atoms with Crippen LogP contribution in [0.1, 0.15) is 13.8 Å². The Labute approximate surface area is 56.3 Å². The fourth-order valence-electron chi connectivity index (χ4n) is 0.507. The monoisotopic (exact) mass is 121 g/mol. The van der Waals surface area contributed by atoms with Crippen LogP contribution in [0, 0.1) is 17.2 Å². The third kappa shape index (κ3) is 2.71. The van der Waals surface area contributed by atoms with Gasteiger partial charge in [0.25, 0.3) is 0 Å². The van der Waals surface area contributed by atoms with E-state index < -0.39 is 0 Å². The average Bonchev–Trinajstić information content (AvgIpc) is 1.87. The lowest BCUT2D eigenvalue weighted by molar-refractivity contribution is 0.898. The van der Waals surface area contributed by atoms with E-state index in [1.165, 1.54) is 0 Å². The number of nitrogens with zero attached hydrogens (tertiary/aromatic N) is 1. The van der Waals surface area contributed by atoms with Crippen LogP contribution in [0.4, 0.5) is 0 Å². The van der Waals surface area contributed by atoms with Crippen molar-refractivity contribution in [2.24, 2.45) is 5.92 Å². The van der Waals surface area contributed by atoms with Crippen LogP contribution in [-0.4, -0.2) is 0 Å². The fourth-order valence-corrected chi connectivity index (χ4v) is 0.507. The maximum Gasteiger partial charge on any atom is 0.0947 e. The summed E-state index contributed by atoms with van der Waals surface area (Å²) in [7, 11) is 0. The van der Waals surface area contributed by atoms with Gasteiger partial charge in [0.1, 0.15) is 0 Å². The first-order chi connectivity index (χ1) is 4.22. The standard InChI is InChI=1S/C8H11N/c1-4-5-7(2)8(3)6-9/h4-5,7H,3H2,1-2H3/b5-4-/t7-/m0/s1. The first-order valence-electron chi connectivity index (χ1n) is 2.94. The summed E-state index contributed by atoms with van der Waals surface area (Å²) in [5, 5.41) is 8.35. The van der Waals surface area contributed by atoms with E-state index >= 15 is 0 Å². The van der Waals surface area contributed by atoms with Gasteiger partial charge in [0.2, 0.25) is 0 Å². The topological polar surface area (TPSA) is 23.8 Å². The van der Waals surface area contributed by atoms with Gasteiger partial charge in [0.15, 0.2) is 0 Å². The van der Waals surface area contributed by atoms with E-state index in [9.17, 15) is 0 Å². The Bertz CT molecular complexity index is 160. The highest BCUT2D eigenvalue weighted by molar-refractivity contribution is 5.22. The molecule has 0 aliphatic carbocycles. The van der Waals surface area contributed by atoms with Gasteiger partial charge >= 0.3 is 0 Å². The molecule has 48 valence electrons. The van der Waals surface area contributed by atoms with Gasteiger partial charge in [-0.2, -0.15) is 5.26 Å². The van der Waals surface area contributed by atoms with E-state index in [4.69, 9.17) is 5.26 Å². The minimum absolute atomic E-state index is 0.194. The molecule has 0 N–H and O–H groups in total. The van der Waals surface area contributed by atoms with E-state index in [-0.39, 0.29) is 5.92 Å². The molecule has 0 rings (SSSR count). The highest BCUT2D eigenvalue weighted by Gasteiger charge is 1.98. The minimum Gasteiger partial charge on any atom is -0.193 e. The molecule has 0 spiro atoms. The van der Waals surface area contributed by atoms with Crippen LogP contribution >= 0.6 is 0 Å². The van der Waals surface area contributed by atoms with Gasteiger partial charge in [-0.05, 0) is 6.92 Å². The third-order valence-electron chi connectivity index (χ3n) is 1.17. The summed E-state index contributed by atoms with van der Waals surface area (Å²) in [4.78, 5) is 0. The summed E-state index contributed by atoms with van der Waals surface area (Å²) in [6.45, 7) is 7.46. The molecule has 9 heavy (non-hydrogen) atoms. The number of rotatable bonds is 2. The summed E-state index contributed by atoms with van der Waals surface area (Å²) in [5.74, 6) is 0.194. The number of hydrogen-bond donors (Lipinski definition) is 0. The van der Waals surface area contributed by atoms with E-state index in [2.05, 4.69) is 6.58 Å². The van der Waals surface area contributed by atoms with Crippen molar-refractivity contribution in [2.75, 3.05) is 0 Å². The van der Waals surface area contributed by atoms with Crippen LogP contribution in [-0.2, 0) is 0 Å². The molecule has 0 radical (unpaired) electrons. The van der Waals surface area contributed by atoms with Crippen LogP contribution in [0.15, 0.2) is 24.3 Å². The van der Waals surface area contributed by atoms with Gasteiger partial charge in [0, 0.05) is 11.5 Å². The van der Waals surface area contributed by atoms with E-state index in [0.717, 1.165) is 0 Å². The number of nitriles is 1. The highest BCUT2D eigenvalue weighted by Crippen LogP contribution is 2.07. The maximum absolute atomic E-state index is 8.35. The van der Waals surface area contributed by atoms with Crippen LogP contribution in [0.5, 0.6) is 0 Å². The molecule has 1 nitrogen and oxygen atoms in total. The minimum atomic E-state index is 0.194. The smallest absolute Gasteiger partial charge is 0.0947 e. The van der Waals surface area contributed by atoms with Crippen molar-refractivity contribution >= 4 is 0 Å². The van der Waals surface area contributed by atoms with Crippen molar-refractivity contribution < 1.29 is 0 Å². The van der Waals surface area contributed by atoms with Crippen LogP contribution in [0.2, 0.25) is 0 Å². The zero-order valence-electron chi connectivity index (χ0n) is 5.89. The molecule has 0 heterocycles. The first-order valence-corrected chi connectivity index (χ1v) is 2.94. The van der Waals surface area contributed by atoms with Crippen molar-refractivity contribution in [3.8, 4) is 6.07 Å². The van der Waals surface area contributed by atoms with Gasteiger partial charge in [-0.3, -0.25) is 0 Å². The second kappa shape index (κ2) is 3.91. The lowest BCUT2D eigenvalue weighted by atomic mass is 10.0.